The highest BCUT2D eigenvalue weighted by Gasteiger charge is 2.48. The summed E-state index contributed by atoms with van der Waals surface area (Å²) in [6.07, 6.45) is 3.30. The fraction of sp³-hybridized carbons (Fsp3) is 1.00. The van der Waals surface area contributed by atoms with Gasteiger partial charge in [0.15, 0.2) is 0 Å². The van der Waals surface area contributed by atoms with Crippen LogP contribution in [0.1, 0.15) is 19.3 Å². The largest absolute Gasteiger partial charge is 0.233 e. The molecule has 2 fully saturated rings. The average molecular weight is 97.1 g/mol. The van der Waals surface area contributed by atoms with E-state index in [1.165, 1.54) is 12.8 Å². The van der Waals surface area contributed by atoms with E-state index in [4.69, 9.17) is 0 Å². The number of hydrogen-bond acceptors (Lipinski definition) is 0. The van der Waals surface area contributed by atoms with Crippen LogP contribution in [0.5, 0.6) is 0 Å². The van der Waals surface area contributed by atoms with Gasteiger partial charge in [0.25, 0.3) is 0 Å². The summed E-state index contributed by atoms with van der Waals surface area (Å²) in [5.41, 5.74) is 0. The maximum atomic E-state index is 10.7. The lowest BCUT2D eigenvalue weighted by molar-refractivity contribution is 0.0765. The number of hydrogen-bond donors (Lipinski definition) is 0. The highest BCUT2D eigenvalue weighted by Crippen LogP contribution is 2.51. The van der Waals surface area contributed by atoms with Crippen molar-refractivity contribution < 1.29 is 5.11 Å². The Bertz CT molecular complexity index is 90.2. The summed E-state index contributed by atoms with van der Waals surface area (Å²) < 4.78 is 0. The second-order valence-electron chi connectivity index (χ2n) is 2.78. The van der Waals surface area contributed by atoms with Gasteiger partial charge in [-0.25, -0.2) is 5.11 Å². The van der Waals surface area contributed by atoms with Crippen molar-refractivity contribution in [1.82, 2.24) is 0 Å². The summed E-state index contributed by atoms with van der Waals surface area (Å²) in [6.45, 7) is 0. The molecule has 2 aliphatic carbocycles. The summed E-state index contributed by atoms with van der Waals surface area (Å²) >= 11 is 0. The lowest BCUT2D eigenvalue weighted by Gasteiger charge is -1.93. The Morgan fingerprint density at radius 1 is 1.29 bits per heavy atom. The van der Waals surface area contributed by atoms with E-state index in [1.807, 2.05) is 0 Å². The van der Waals surface area contributed by atoms with Crippen molar-refractivity contribution in [2.45, 2.75) is 25.4 Å². The van der Waals surface area contributed by atoms with Crippen LogP contribution in [0, 0.1) is 11.8 Å². The quantitative estimate of drug-likeness (QED) is 0.433. The molecule has 0 aromatic heterocycles. The van der Waals surface area contributed by atoms with Gasteiger partial charge in [-0.3, -0.25) is 0 Å². The predicted molar refractivity (Wildman–Crippen MR) is 25.3 cm³/mol. The predicted octanol–water partition coefficient (Wildman–Crippen LogP) is 1.22. The van der Waals surface area contributed by atoms with Crippen LogP contribution in [0.15, 0.2) is 0 Å². The maximum absolute atomic E-state index is 10.7. The molecule has 0 aliphatic heterocycles. The third-order valence-electron chi connectivity index (χ3n) is 2.28. The highest BCUT2D eigenvalue weighted by molar-refractivity contribution is 4.97. The molecule has 2 saturated carbocycles. The Hall–Kier alpha value is -0.0400. The van der Waals surface area contributed by atoms with Crippen LogP contribution in [0.2, 0.25) is 0 Å². The fourth-order valence-electron chi connectivity index (χ4n) is 1.65. The molecule has 0 bridgehead atoms. The average Bonchev–Trinajstić information content (AvgIpc) is 2.33. The summed E-state index contributed by atoms with van der Waals surface area (Å²) in [6, 6.07) is 0. The third-order valence-corrected chi connectivity index (χ3v) is 2.28. The summed E-state index contributed by atoms with van der Waals surface area (Å²) in [4.78, 5) is 0. The number of rotatable bonds is 0. The van der Waals surface area contributed by atoms with Gasteiger partial charge in [0.2, 0.25) is 0 Å². The Kier molecular flexibility index (Phi) is 0.571. The molecule has 1 heteroatoms. The minimum atomic E-state index is -0.162. The van der Waals surface area contributed by atoms with Gasteiger partial charge < -0.3 is 0 Å². The zero-order valence-corrected chi connectivity index (χ0v) is 4.26. The van der Waals surface area contributed by atoms with Crippen LogP contribution in [-0.2, 0) is 5.11 Å². The molecule has 39 valence electrons. The molecular weight excluding hydrogens is 88.1 g/mol. The molecule has 0 amide bonds. The number of fused-ring (bicyclic) bond motifs is 1. The van der Waals surface area contributed by atoms with Gasteiger partial charge in [-0.2, -0.15) is 0 Å². The molecule has 2 rings (SSSR count). The maximum Gasteiger partial charge on any atom is 0.0961 e. The molecular formula is C6H9O. The molecule has 0 saturated heterocycles. The van der Waals surface area contributed by atoms with Gasteiger partial charge in [-0.1, -0.05) is 0 Å². The van der Waals surface area contributed by atoms with Gasteiger partial charge >= 0.3 is 0 Å². The van der Waals surface area contributed by atoms with Gasteiger partial charge in [0.1, 0.15) is 0 Å². The van der Waals surface area contributed by atoms with Crippen LogP contribution >= 0.6 is 0 Å². The van der Waals surface area contributed by atoms with E-state index >= 15 is 0 Å². The van der Waals surface area contributed by atoms with Gasteiger partial charge in [0.05, 0.1) is 6.10 Å². The minimum absolute atomic E-state index is 0.162. The molecule has 0 N–H and O–H groups in total. The molecule has 0 aromatic carbocycles. The molecule has 0 heterocycles. The SMILES string of the molecule is [O]C1CCC2CC12. The highest BCUT2D eigenvalue weighted by atomic mass is 16.3. The topological polar surface area (TPSA) is 19.9 Å². The zero-order valence-electron chi connectivity index (χ0n) is 4.26. The minimum Gasteiger partial charge on any atom is -0.233 e. The van der Waals surface area contributed by atoms with Crippen molar-refractivity contribution in [3.05, 3.63) is 0 Å². The van der Waals surface area contributed by atoms with Crippen molar-refractivity contribution in [2.75, 3.05) is 0 Å². The Morgan fingerprint density at radius 2 is 2.14 bits per heavy atom. The van der Waals surface area contributed by atoms with E-state index in [0.717, 1.165) is 12.3 Å². The molecule has 3 atom stereocenters. The normalized spacial score (nSPS) is 57.0. The molecule has 0 spiro atoms. The molecule has 7 heavy (non-hydrogen) atoms. The van der Waals surface area contributed by atoms with Crippen LogP contribution in [0.25, 0.3) is 0 Å². The Morgan fingerprint density at radius 3 is 2.29 bits per heavy atom. The van der Waals surface area contributed by atoms with Gasteiger partial charge in [-0.05, 0) is 31.1 Å². The molecule has 3 unspecified atom stereocenters. The van der Waals surface area contributed by atoms with Crippen molar-refractivity contribution in [3.63, 3.8) is 0 Å². The molecule has 1 radical (unpaired) electrons. The molecule has 2 aliphatic rings. The van der Waals surface area contributed by atoms with E-state index in [9.17, 15) is 5.11 Å². The molecule has 1 nitrogen and oxygen atoms in total. The monoisotopic (exact) mass is 97.1 g/mol. The van der Waals surface area contributed by atoms with Crippen LogP contribution in [-0.4, -0.2) is 6.10 Å². The summed E-state index contributed by atoms with van der Waals surface area (Å²) in [5.74, 6) is 1.50. The first-order valence-electron chi connectivity index (χ1n) is 3.04. The lowest BCUT2D eigenvalue weighted by atomic mass is 10.2. The van der Waals surface area contributed by atoms with Crippen LogP contribution in [0.4, 0.5) is 0 Å². The van der Waals surface area contributed by atoms with Crippen LogP contribution in [0.3, 0.4) is 0 Å². The van der Waals surface area contributed by atoms with Crippen molar-refractivity contribution in [1.29, 1.82) is 0 Å². The first-order valence-corrected chi connectivity index (χ1v) is 3.04. The van der Waals surface area contributed by atoms with E-state index in [0.29, 0.717) is 5.92 Å². The fourth-order valence-corrected chi connectivity index (χ4v) is 1.65. The zero-order chi connectivity index (χ0) is 4.85. The van der Waals surface area contributed by atoms with Gasteiger partial charge in [0, 0.05) is 0 Å². The molecule has 0 aromatic rings. The van der Waals surface area contributed by atoms with Gasteiger partial charge in [-0.15, -0.1) is 0 Å². The van der Waals surface area contributed by atoms with E-state index in [1.54, 1.807) is 0 Å². The Balaban J connectivity index is 2.08. The lowest BCUT2D eigenvalue weighted by Crippen LogP contribution is -2.00. The first kappa shape index (κ1) is 3.90. The third kappa shape index (κ3) is 0.418. The van der Waals surface area contributed by atoms with Crippen molar-refractivity contribution in [3.8, 4) is 0 Å². The summed E-state index contributed by atoms with van der Waals surface area (Å²) in [5, 5.41) is 10.7. The second-order valence-corrected chi connectivity index (χ2v) is 2.78. The smallest absolute Gasteiger partial charge is 0.0961 e. The second kappa shape index (κ2) is 1.03. The van der Waals surface area contributed by atoms with E-state index in [-0.39, 0.29) is 6.10 Å². The van der Waals surface area contributed by atoms with E-state index in [2.05, 4.69) is 0 Å². The van der Waals surface area contributed by atoms with E-state index < -0.39 is 0 Å². The van der Waals surface area contributed by atoms with Crippen molar-refractivity contribution in [2.24, 2.45) is 11.8 Å². The standard InChI is InChI=1S/C6H9O/c7-6-2-1-4-3-5(4)6/h4-6H,1-3H2. The first-order chi connectivity index (χ1) is 3.38. The van der Waals surface area contributed by atoms with Crippen molar-refractivity contribution >= 4 is 0 Å². The summed E-state index contributed by atoms with van der Waals surface area (Å²) in [7, 11) is 0. The van der Waals surface area contributed by atoms with Crippen LogP contribution < -0.4 is 0 Å². The Labute approximate surface area is 43.3 Å².